The number of rotatable bonds is 0. The lowest BCUT2D eigenvalue weighted by molar-refractivity contribution is -0.141. The van der Waals surface area contributed by atoms with E-state index < -0.39 is 0 Å². The largest absolute Gasteiger partial charge is 0.460 e. The number of alkyl halides is 1. The molecule has 0 aromatic heterocycles. The molecule has 1 saturated heterocycles. The maximum absolute atomic E-state index is 10.9. The molecule has 1 aliphatic carbocycles. The zero-order valence-corrected chi connectivity index (χ0v) is 7.58. The molecule has 2 nitrogen and oxygen atoms in total. The zero-order chi connectivity index (χ0) is 7.84. The number of carbonyl (C=O) groups excluding carboxylic acids is 1. The average molecular weight is 217 g/mol. The van der Waals surface area contributed by atoms with E-state index in [-0.39, 0.29) is 12.1 Å². The van der Waals surface area contributed by atoms with Crippen LogP contribution in [0.4, 0.5) is 0 Å². The number of esters is 1. The van der Waals surface area contributed by atoms with Crippen LogP contribution in [0.15, 0.2) is 12.2 Å². The molecule has 60 valence electrons. The van der Waals surface area contributed by atoms with Gasteiger partial charge in [-0.05, 0) is 6.42 Å². The van der Waals surface area contributed by atoms with Crippen molar-refractivity contribution in [3.05, 3.63) is 12.2 Å². The predicted octanol–water partition coefficient (Wildman–Crippen LogP) is 1.64. The minimum Gasteiger partial charge on any atom is -0.460 e. The molecule has 1 fully saturated rings. The molecule has 0 aromatic carbocycles. The van der Waals surface area contributed by atoms with Crippen molar-refractivity contribution in [3.63, 3.8) is 0 Å². The Kier molecular flexibility index (Phi) is 1.75. The number of fused-ring (bicyclic) bond motifs is 1. The molecule has 0 saturated carbocycles. The van der Waals surface area contributed by atoms with Crippen molar-refractivity contribution < 1.29 is 9.53 Å². The van der Waals surface area contributed by atoms with Gasteiger partial charge in [-0.25, -0.2) is 0 Å². The quantitative estimate of drug-likeness (QED) is 0.350. The lowest BCUT2D eigenvalue weighted by Gasteiger charge is -2.23. The van der Waals surface area contributed by atoms with Crippen LogP contribution >= 0.6 is 15.9 Å². The number of carbonyl (C=O) groups is 1. The molecule has 0 aromatic rings. The average Bonchev–Trinajstić information content (AvgIpc) is 2.31. The van der Waals surface area contributed by atoms with Gasteiger partial charge in [-0.3, -0.25) is 4.79 Å². The van der Waals surface area contributed by atoms with Gasteiger partial charge in [-0.15, -0.1) is 0 Å². The molecule has 1 heterocycles. The molecular formula is C8H9BrO2. The molecule has 1 aliphatic heterocycles. The van der Waals surface area contributed by atoms with E-state index in [1.165, 1.54) is 0 Å². The van der Waals surface area contributed by atoms with Crippen molar-refractivity contribution in [2.45, 2.75) is 23.8 Å². The fraction of sp³-hybridized carbons (Fsp3) is 0.625. The Morgan fingerprint density at radius 1 is 1.64 bits per heavy atom. The molecular weight excluding hydrogens is 208 g/mol. The topological polar surface area (TPSA) is 26.3 Å². The first-order valence-electron chi connectivity index (χ1n) is 3.77. The highest BCUT2D eigenvalue weighted by Gasteiger charge is 2.38. The first-order chi connectivity index (χ1) is 5.27. The maximum Gasteiger partial charge on any atom is 0.306 e. The van der Waals surface area contributed by atoms with Crippen LogP contribution in [0.2, 0.25) is 0 Å². The maximum atomic E-state index is 10.9. The van der Waals surface area contributed by atoms with Crippen LogP contribution < -0.4 is 0 Å². The standard InChI is InChI=1S/C8H9BrO2/c9-6-3-1-2-5-4-7(10)11-8(5)6/h1-2,5-6,8H,3-4H2/t5-,6+,8+/m0/s1. The van der Waals surface area contributed by atoms with E-state index in [1.807, 2.05) is 0 Å². The van der Waals surface area contributed by atoms with Crippen molar-refractivity contribution in [1.29, 1.82) is 0 Å². The highest BCUT2D eigenvalue weighted by atomic mass is 79.9. The van der Waals surface area contributed by atoms with Gasteiger partial charge in [0.15, 0.2) is 0 Å². The van der Waals surface area contributed by atoms with E-state index in [4.69, 9.17) is 4.74 Å². The summed E-state index contributed by atoms with van der Waals surface area (Å²) >= 11 is 3.49. The van der Waals surface area contributed by atoms with Gasteiger partial charge in [0.2, 0.25) is 0 Å². The first kappa shape index (κ1) is 7.35. The molecule has 0 amide bonds. The monoisotopic (exact) mass is 216 g/mol. The summed E-state index contributed by atoms with van der Waals surface area (Å²) in [5.41, 5.74) is 0. The smallest absolute Gasteiger partial charge is 0.306 e. The fourth-order valence-corrected chi connectivity index (χ4v) is 2.35. The molecule has 2 aliphatic rings. The summed E-state index contributed by atoms with van der Waals surface area (Å²) in [5.74, 6) is 0.261. The summed E-state index contributed by atoms with van der Waals surface area (Å²) in [6.07, 6.45) is 5.82. The summed E-state index contributed by atoms with van der Waals surface area (Å²) in [4.78, 5) is 11.2. The Hall–Kier alpha value is -0.310. The van der Waals surface area contributed by atoms with Gasteiger partial charge in [0, 0.05) is 5.92 Å². The van der Waals surface area contributed by atoms with Crippen LogP contribution in [0.3, 0.4) is 0 Å². The van der Waals surface area contributed by atoms with E-state index >= 15 is 0 Å². The predicted molar refractivity (Wildman–Crippen MR) is 44.5 cm³/mol. The summed E-state index contributed by atoms with van der Waals surface area (Å²) in [5, 5.41) is 0. The third-order valence-corrected chi connectivity index (χ3v) is 3.09. The van der Waals surface area contributed by atoms with Gasteiger partial charge in [0.25, 0.3) is 0 Å². The minimum absolute atomic E-state index is 0.0593. The summed E-state index contributed by atoms with van der Waals surface area (Å²) in [6, 6.07) is 0. The van der Waals surface area contributed by atoms with E-state index in [0.29, 0.717) is 17.2 Å². The van der Waals surface area contributed by atoms with Gasteiger partial charge in [-0.1, -0.05) is 28.1 Å². The first-order valence-corrected chi connectivity index (χ1v) is 4.69. The van der Waals surface area contributed by atoms with E-state index in [2.05, 4.69) is 28.1 Å². The number of allylic oxidation sites excluding steroid dienone is 1. The third-order valence-electron chi connectivity index (χ3n) is 2.19. The molecule has 0 unspecified atom stereocenters. The third kappa shape index (κ3) is 1.22. The number of ether oxygens (including phenoxy) is 1. The van der Waals surface area contributed by atoms with Gasteiger partial charge in [0.1, 0.15) is 6.10 Å². The summed E-state index contributed by atoms with van der Waals surface area (Å²) in [7, 11) is 0. The lowest BCUT2D eigenvalue weighted by Crippen LogP contribution is -2.28. The molecule has 2 rings (SSSR count). The van der Waals surface area contributed by atoms with Crippen molar-refractivity contribution in [3.8, 4) is 0 Å². The SMILES string of the molecule is O=C1C[C@@H]2C=CC[C@@H](Br)[C@@H]2O1. The molecule has 0 spiro atoms. The Morgan fingerprint density at radius 2 is 2.45 bits per heavy atom. The van der Waals surface area contributed by atoms with Crippen LogP contribution in [0, 0.1) is 5.92 Å². The van der Waals surface area contributed by atoms with Crippen molar-refractivity contribution in [1.82, 2.24) is 0 Å². The van der Waals surface area contributed by atoms with Gasteiger partial charge >= 0.3 is 5.97 Å². The lowest BCUT2D eigenvalue weighted by atomic mass is 9.92. The molecule has 0 N–H and O–H groups in total. The molecule has 3 heteroatoms. The molecule has 0 radical (unpaired) electrons. The highest BCUT2D eigenvalue weighted by Crippen LogP contribution is 2.34. The second-order valence-corrected chi connectivity index (χ2v) is 4.18. The Balaban J connectivity index is 2.19. The van der Waals surface area contributed by atoms with Crippen molar-refractivity contribution >= 4 is 21.9 Å². The highest BCUT2D eigenvalue weighted by molar-refractivity contribution is 9.09. The molecule has 3 atom stereocenters. The Morgan fingerprint density at radius 3 is 3.18 bits per heavy atom. The second kappa shape index (κ2) is 2.63. The Bertz CT molecular complexity index is 212. The number of hydrogen-bond donors (Lipinski definition) is 0. The molecule has 11 heavy (non-hydrogen) atoms. The van der Waals surface area contributed by atoms with Gasteiger partial charge in [0.05, 0.1) is 11.2 Å². The van der Waals surface area contributed by atoms with E-state index in [9.17, 15) is 4.79 Å². The van der Waals surface area contributed by atoms with Gasteiger partial charge in [-0.2, -0.15) is 0 Å². The minimum atomic E-state index is -0.0593. The van der Waals surface area contributed by atoms with Crippen molar-refractivity contribution in [2.24, 2.45) is 5.92 Å². The van der Waals surface area contributed by atoms with E-state index in [0.717, 1.165) is 6.42 Å². The van der Waals surface area contributed by atoms with Crippen LogP contribution in [0.5, 0.6) is 0 Å². The number of halogens is 1. The normalized spacial score (nSPS) is 41.9. The summed E-state index contributed by atoms with van der Waals surface area (Å²) < 4.78 is 5.14. The van der Waals surface area contributed by atoms with Crippen LogP contribution in [0.1, 0.15) is 12.8 Å². The number of hydrogen-bond acceptors (Lipinski definition) is 2. The van der Waals surface area contributed by atoms with E-state index in [1.54, 1.807) is 0 Å². The van der Waals surface area contributed by atoms with Crippen molar-refractivity contribution in [2.75, 3.05) is 0 Å². The Labute approximate surface area is 73.7 Å². The van der Waals surface area contributed by atoms with Gasteiger partial charge < -0.3 is 4.74 Å². The summed E-state index contributed by atoms with van der Waals surface area (Å²) in [6.45, 7) is 0. The van der Waals surface area contributed by atoms with Crippen LogP contribution in [-0.4, -0.2) is 16.9 Å². The second-order valence-electron chi connectivity index (χ2n) is 3.00. The molecule has 0 bridgehead atoms. The zero-order valence-electron chi connectivity index (χ0n) is 6.00. The van der Waals surface area contributed by atoms with Crippen LogP contribution in [-0.2, 0) is 9.53 Å². The fourth-order valence-electron chi connectivity index (χ4n) is 1.63. The van der Waals surface area contributed by atoms with Crippen LogP contribution in [0.25, 0.3) is 0 Å².